The van der Waals surface area contributed by atoms with E-state index in [4.69, 9.17) is 0 Å². The topological polar surface area (TPSA) is 57.6 Å². The van der Waals surface area contributed by atoms with Crippen molar-refractivity contribution in [2.45, 2.75) is 38.8 Å². The first-order valence-electron chi connectivity index (χ1n) is 6.72. The zero-order chi connectivity index (χ0) is 17.1. The predicted octanol–water partition coefficient (Wildman–Crippen LogP) is 3.87. The number of carbonyl (C=O) groups excluding carboxylic acids is 1. The van der Waals surface area contributed by atoms with Crippen LogP contribution in [-0.2, 0) is 0 Å². The van der Waals surface area contributed by atoms with Crippen LogP contribution in [0.15, 0.2) is 30.9 Å². The van der Waals surface area contributed by atoms with E-state index in [1.807, 2.05) is 0 Å². The van der Waals surface area contributed by atoms with E-state index in [0.717, 1.165) is 23.1 Å². The van der Waals surface area contributed by atoms with Gasteiger partial charge in [0, 0.05) is 5.54 Å². The first-order valence-corrected chi connectivity index (χ1v) is 6.72. The number of nitrogens with zero attached hydrogens (tertiary/aromatic N) is 1. The third-order valence-corrected chi connectivity index (χ3v) is 3.13. The van der Waals surface area contributed by atoms with Crippen molar-refractivity contribution < 1.29 is 23.5 Å². The first-order chi connectivity index (χ1) is 10.1. The normalized spacial score (nSPS) is 12.6. The Bertz CT molecular complexity index is 594. The van der Waals surface area contributed by atoms with E-state index < -0.39 is 40.7 Å². The second kappa shape index (κ2) is 6.68. The molecule has 0 bridgehead atoms. The average molecular weight is 311 g/mol. The molecule has 22 heavy (non-hydrogen) atoms. The van der Waals surface area contributed by atoms with E-state index in [9.17, 15) is 23.5 Å². The molecule has 1 aromatic carbocycles. The zero-order valence-corrected chi connectivity index (χ0v) is 12.8. The van der Waals surface area contributed by atoms with Crippen LogP contribution >= 0.6 is 0 Å². The van der Waals surface area contributed by atoms with E-state index in [1.165, 1.54) is 6.08 Å². The van der Waals surface area contributed by atoms with Crippen molar-refractivity contribution in [3.63, 3.8) is 0 Å². The van der Waals surface area contributed by atoms with Gasteiger partial charge in [0.15, 0.2) is 5.78 Å². The molecule has 0 aromatic heterocycles. The number of hydrogen-bond donors (Lipinski definition) is 1. The van der Waals surface area contributed by atoms with Gasteiger partial charge in [-0.25, -0.2) is 13.6 Å². The summed E-state index contributed by atoms with van der Waals surface area (Å²) >= 11 is 0. The number of hydrogen-bond acceptors (Lipinski definition) is 2. The molecule has 0 saturated carbocycles. The van der Waals surface area contributed by atoms with Gasteiger partial charge in [0.1, 0.15) is 17.7 Å². The first kappa shape index (κ1) is 17.8. The minimum absolute atomic E-state index is 0.00163. The van der Waals surface area contributed by atoms with E-state index in [-0.39, 0.29) is 6.42 Å². The second-order valence-electron chi connectivity index (χ2n) is 5.85. The number of halogens is 2. The second-order valence-corrected chi connectivity index (χ2v) is 5.85. The molecule has 1 rings (SSSR count). The Balaban J connectivity index is 3.35. The summed E-state index contributed by atoms with van der Waals surface area (Å²) in [6.07, 6.45) is 0.0595. The molecule has 0 aliphatic rings. The number of rotatable bonds is 5. The van der Waals surface area contributed by atoms with Crippen molar-refractivity contribution >= 4 is 11.9 Å². The molecule has 0 aliphatic carbocycles. The lowest BCUT2D eigenvalue weighted by molar-refractivity contribution is 0.0553. The third kappa shape index (κ3) is 3.90. The van der Waals surface area contributed by atoms with Gasteiger partial charge in [-0.15, -0.1) is 6.58 Å². The molecule has 6 heteroatoms. The summed E-state index contributed by atoms with van der Waals surface area (Å²) in [5.74, 6) is -2.45. The van der Waals surface area contributed by atoms with Gasteiger partial charge in [-0.2, -0.15) is 0 Å². The Hall–Kier alpha value is -2.24. The van der Waals surface area contributed by atoms with Crippen LogP contribution in [0.25, 0.3) is 0 Å². The Kier molecular flexibility index (Phi) is 5.41. The van der Waals surface area contributed by atoms with E-state index in [1.54, 1.807) is 20.8 Å². The minimum atomic E-state index is -1.32. The third-order valence-electron chi connectivity index (χ3n) is 3.13. The summed E-state index contributed by atoms with van der Waals surface area (Å²) < 4.78 is 27.1. The van der Waals surface area contributed by atoms with Crippen molar-refractivity contribution in [1.82, 2.24) is 4.90 Å². The molecule has 120 valence electrons. The predicted molar refractivity (Wildman–Crippen MR) is 78.9 cm³/mol. The molecule has 0 spiro atoms. The zero-order valence-electron chi connectivity index (χ0n) is 12.8. The molecular formula is C16H19F2NO3. The van der Waals surface area contributed by atoms with Gasteiger partial charge in [0.05, 0.1) is 5.56 Å². The maximum Gasteiger partial charge on any atom is 0.408 e. The van der Waals surface area contributed by atoms with Crippen LogP contribution in [0.4, 0.5) is 13.6 Å². The summed E-state index contributed by atoms with van der Waals surface area (Å²) in [6, 6.07) is 1.34. The molecule has 4 nitrogen and oxygen atoms in total. The van der Waals surface area contributed by atoms with Gasteiger partial charge in [0.2, 0.25) is 0 Å². The average Bonchev–Trinajstić information content (AvgIpc) is 2.38. The van der Waals surface area contributed by atoms with Gasteiger partial charge >= 0.3 is 6.09 Å². The fourth-order valence-corrected chi connectivity index (χ4v) is 2.24. The molecule has 1 amide bonds. The van der Waals surface area contributed by atoms with Gasteiger partial charge in [-0.1, -0.05) is 6.08 Å². The van der Waals surface area contributed by atoms with Gasteiger partial charge < -0.3 is 5.11 Å². The molecule has 1 aromatic rings. The monoisotopic (exact) mass is 311 g/mol. The van der Waals surface area contributed by atoms with Crippen LogP contribution in [0.5, 0.6) is 0 Å². The number of carboxylic acid groups (broad SMARTS) is 1. The standard InChI is InChI=1S/C16H19F2NO3/c1-5-6-13(19(15(21)22)16(2,3)4)14(20)11-9-10(17)7-8-12(11)18/h5,7-9,13H,1,6H2,2-4H3,(H,21,22). The summed E-state index contributed by atoms with van der Waals surface area (Å²) in [4.78, 5) is 25.0. The summed E-state index contributed by atoms with van der Waals surface area (Å²) in [5, 5.41) is 9.40. The van der Waals surface area contributed by atoms with Crippen molar-refractivity contribution in [3.8, 4) is 0 Å². The van der Waals surface area contributed by atoms with Crippen molar-refractivity contribution in [3.05, 3.63) is 48.1 Å². The van der Waals surface area contributed by atoms with Crippen LogP contribution in [0.2, 0.25) is 0 Å². The maximum absolute atomic E-state index is 13.8. The molecule has 0 radical (unpaired) electrons. The Morgan fingerprint density at radius 1 is 1.36 bits per heavy atom. The molecule has 0 saturated heterocycles. The fourth-order valence-electron chi connectivity index (χ4n) is 2.24. The number of Topliss-reactive ketones (excluding diaryl/α,β-unsaturated/α-hetero) is 1. The molecule has 0 aliphatic heterocycles. The fraction of sp³-hybridized carbons (Fsp3) is 0.375. The lowest BCUT2D eigenvalue weighted by Gasteiger charge is -2.38. The Labute approximate surface area is 128 Å². The molecular weight excluding hydrogens is 292 g/mol. The SMILES string of the molecule is C=CCC(C(=O)c1cc(F)ccc1F)N(C(=O)O)C(C)(C)C. The van der Waals surface area contributed by atoms with Crippen molar-refractivity contribution in [2.24, 2.45) is 0 Å². The largest absolute Gasteiger partial charge is 0.465 e. The van der Waals surface area contributed by atoms with Crippen molar-refractivity contribution in [2.75, 3.05) is 0 Å². The molecule has 1 N–H and O–H groups in total. The van der Waals surface area contributed by atoms with Crippen LogP contribution in [0.3, 0.4) is 0 Å². The van der Waals surface area contributed by atoms with Gasteiger partial charge in [-0.3, -0.25) is 9.69 Å². The molecule has 1 atom stereocenters. The minimum Gasteiger partial charge on any atom is -0.465 e. The number of carbonyl (C=O) groups is 2. The highest BCUT2D eigenvalue weighted by Crippen LogP contribution is 2.24. The quantitative estimate of drug-likeness (QED) is 0.663. The van der Waals surface area contributed by atoms with E-state index in [0.29, 0.717) is 0 Å². The van der Waals surface area contributed by atoms with E-state index in [2.05, 4.69) is 6.58 Å². The molecule has 0 heterocycles. The number of amides is 1. The van der Waals surface area contributed by atoms with Crippen LogP contribution in [0, 0.1) is 11.6 Å². The summed E-state index contributed by atoms with van der Waals surface area (Å²) in [7, 11) is 0. The van der Waals surface area contributed by atoms with Crippen molar-refractivity contribution in [1.29, 1.82) is 0 Å². The molecule has 1 unspecified atom stereocenters. The highest BCUT2D eigenvalue weighted by Gasteiger charge is 2.37. The maximum atomic E-state index is 13.8. The van der Waals surface area contributed by atoms with Gasteiger partial charge in [-0.05, 0) is 45.4 Å². The van der Waals surface area contributed by atoms with Gasteiger partial charge in [0.25, 0.3) is 0 Å². The van der Waals surface area contributed by atoms with Crippen LogP contribution < -0.4 is 0 Å². The lowest BCUT2D eigenvalue weighted by atomic mass is 9.95. The highest BCUT2D eigenvalue weighted by atomic mass is 19.1. The summed E-state index contributed by atoms with van der Waals surface area (Å²) in [6.45, 7) is 8.35. The smallest absolute Gasteiger partial charge is 0.408 e. The Morgan fingerprint density at radius 2 is 1.95 bits per heavy atom. The number of ketones is 1. The van der Waals surface area contributed by atoms with Crippen LogP contribution in [0.1, 0.15) is 37.6 Å². The summed E-state index contributed by atoms with van der Waals surface area (Å²) in [5.41, 5.74) is -1.36. The van der Waals surface area contributed by atoms with Crippen LogP contribution in [-0.4, -0.2) is 33.5 Å². The highest BCUT2D eigenvalue weighted by molar-refractivity contribution is 6.01. The van der Waals surface area contributed by atoms with E-state index >= 15 is 0 Å². The molecule has 0 fully saturated rings. The lowest BCUT2D eigenvalue weighted by Crippen LogP contribution is -2.54. The number of benzene rings is 1. The Morgan fingerprint density at radius 3 is 2.41 bits per heavy atom.